The van der Waals surface area contributed by atoms with E-state index in [2.05, 4.69) is 5.32 Å². The van der Waals surface area contributed by atoms with Crippen molar-refractivity contribution in [2.45, 2.75) is 38.6 Å². The number of carbonyl (C=O) groups excluding carboxylic acids is 1. The number of hydrogen-bond donors (Lipinski definition) is 2. The third kappa shape index (κ3) is 3.42. The normalized spacial score (nSPS) is 19.0. The molecule has 0 spiro atoms. The lowest BCUT2D eigenvalue weighted by molar-refractivity contribution is -0.139. The zero-order valence-electron chi connectivity index (χ0n) is 12.5. The van der Waals surface area contributed by atoms with Crippen LogP contribution in [0.1, 0.15) is 38.2 Å². The smallest absolute Gasteiger partial charge is 0.311 e. The number of rotatable bonds is 5. The van der Waals surface area contributed by atoms with Crippen molar-refractivity contribution in [2.24, 2.45) is 0 Å². The summed E-state index contributed by atoms with van der Waals surface area (Å²) in [6.07, 6.45) is 0.883. The van der Waals surface area contributed by atoms with E-state index in [1.807, 2.05) is 32.0 Å². The topological polar surface area (TPSA) is 69.6 Å². The molecule has 2 unspecified atom stereocenters. The van der Waals surface area contributed by atoms with Gasteiger partial charge in [0.1, 0.15) is 0 Å². The number of carboxylic acid groups (broad SMARTS) is 1. The molecule has 1 aliphatic heterocycles. The molecular weight excluding hydrogens is 268 g/mol. The summed E-state index contributed by atoms with van der Waals surface area (Å²) < 4.78 is 0. The summed E-state index contributed by atoms with van der Waals surface area (Å²) >= 11 is 0. The van der Waals surface area contributed by atoms with Gasteiger partial charge in [-0.05, 0) is 31.5 Å². The minimum absolute atomic E-state index is 0.0414. The largest absolute Gasteiger partial charge is 0.481 e. The number of nitrogens with one attached hydrogen (secondary N) is 1. The Morgan fingerprint density at radius 3 is 2.81 bits per heavy atom. The molecule has 0 aliphatic carbocycles. The molecule has 1 aromatic rings. The van der Waals surface area contributed by atoms with Gasteiger partial charge in [0.15, 0.2) is 0 Å². The van der Waals surface area contributed by atoms with Crippen LogP contribution >= 0.6 is 0 Å². The highest BCUT2D eigenvalue weighted by atomic mass is 16.4. The molecule has 1 aliphatic rings. The van der Waals surface area contributed by atoms with Crippen molar-refractivity contribution in [1.82, 2.24) is 5.32 Å². The van der Waals surface area contributed by atoms with E-state index < -0.39 is 11.9 Å². The first-order chi connectivity index (χ1) is 10.0. The predicted molar refractivity (Wildman–Crippen MR) is 81.5 cm³/mol. The molecule has 0 bridgehead atoms. The number of hydrogen-bond acceptors (Lipinski definition) is 3. The van der Waals surface area contributed by atoms with E-state index in [1.54, 1.807) is 11.0 Å². The van der Waals surface area contributed by atoms with Crippen molar-refractivity contribution in [3.63, 3.8) is 0 Å². The average Bonchev–Trinajstić information content (AvgIpc) is 2.45. The van der Waals surface area contributed by atoms with Crippen LogP contribution < -0.4 is 10.2 Å². The lowest BCUT2D eigenvalue weighted by Crippen LogP contribution is -2.41. The molecule has 0 saturated heterocycles. The Bertz CT molecular complexity index is 530. The van der Waals surface area contributed by atoms with Crippen LogP contribution in [0.25, 0.3) is 0 Å². The van der Waals surface area contributed by atoms with E-state index in [-0.39, 0.29) is 11.9 Å². The molecule has 5 heteroatoms. The Labute approximate surface area is 125 Å². The van der Waals surface area contributed by atoms with Crippen LogP contribution in [0.4, 0.5) is 5.69 Å². The highest BCUT2D eigenvalue weighted by Gasteiger charge is 2.32. The quantitative estimate of drug-likeness (QED) is 0.870. The maximum Gasteiger partial charge on any atom is 0.311 e. The molecule has 2 rings (SSSR count). The van der Waals surface area contributed by atoms with E-state index in [1.165, 1.54) is 0 Å². The number of amides is 1. The Kier molecular flexibility index (Phi) is 4.96. The fourth-order valence-electron chi connectivity index (χ4n) is 2.87. The highest BCUT2D eigenvalue weighted by molar-refractivity contribution is 5.96. The van der Waals surface area contributed by atoms with Gasteiger partial charge in [-0.15, -0.1) is 0 Å². The van der Waals surface area contributed by atoms with Gasteiger partial charge in [0, 0.05) is 24.7 Å². The molecule has 0 aromatic heterocycles. The SMILES string of the molecule is CCNC(C)CC(=O)N1CCC(C(=O)O)c2ccccc21. The van der Waals surface area contributed by atoms with Crippen LogP contribution in [-0.4, -0.2) is 36.1 Å². The number of aliphatic carboxylic acids is 1. The number of para-hydroxylation sites is 1. The number of nitrogens with zero attached hydrogens (tertiary/aromatic N) is 1. The molecule has 2 atom stereocenters. The van der Waals surface area contributed by atoms with E-state index in [0.29, 0.717) is 19.4 Å². The standard InChI is InChI=1S/C16H22N2O3/c1-3-17-11(2)10-15(19)18-9-8-13(16(20)21)12-6-4-5-7-14(12)18/h4-7,11,13,17H,3,8-10H2,1-2H3,(H,20,21). The van der Waals surface area contributed by atoms with E-state index >= 15 is 0 Å². The predicted octanol–water partition coefficient (Wildman–Crippen LogP) is 1.98. The van der Waals surface area contributed by atoms with Crippen LogP contribution in [0.5, 0.6) is 0 Å². The second-order valence-corrected chi connectivity index (χ2v) is 5.45. The van der Waals surface area contributed by atoms with Gasteiger partial charge in [0.05, 0.1) is 5.92 Å². The van der Waals surface area contributed by atoms with Crippen LogP contribution in [0, 0.1) is 0 Å². The summed E-state index contributed by atoms with van der Waals surface area (Å²) in [5, 5.41) is 12.5. The first-order valence-corrected chi connectivity index (χ1v) is 7.40. The zero-order valence-corrected chi connectivity index (χ0v) is 12.5. The molecular formula is C16H22N2O3. The van der Waals surface area contributed by atoms with Crippen molar-refractivity contribution in [1.29, 1.82) is 0 Å². The van der Waals surface area contributed by atoms with Crippen molar-refractivity contribution in [2.75, 3.05) is 18.0 Å². The van der Waals surface area contributed by atoms with Gasteiger partial charge in [-0.25, -0.2) is 0 Å². The van der Waals surface area contributed by atoms with Gasteiger partial charge < -0.3 is 15.3 Å². The van der Waals surface area contributed by atoms with Gasteiger partial charge >= 0.3 is 5.97 Å². The van der Waals surface area contributed by atoms with Crippen molar-refractivity contribution in [3.8, 4) is 0 Å². The first kappa shape index (κ1) is 15.5. The van der Waals surface area contributed by atoms with Crippen molar-refractivity contribution < 1.29 is 14.7 Å². The number of anilines is 1. The minimum atomic E-state index is -0.824. The minimum Gasteiger partial charge on any atom is -0.481 e. The second kappa shape index (κ2) is 6.72. The summed E-state index contributed by atoms with van der Waals surface area (Å²) in [5.41, 5.74) is 1.48. The lowest BCUT2D eigenvalue weighted by atomic mass is 9.89. The molecule has 1 amide bonds. The third-order valence-electron chi connectivity index (χ3n) is 3.88. The fraction of sp³-hybridized carbons (Fsp3) is 0.500. The van der Waals surface area contributed by atoms with Gasteiger partial charge in [-0.1, -0.05) is 25.1 Å². The average molecular weight is 290 g/mol. The number of benzene rings is 1. The van der Waals surface area contributed by atoms with Gasteiger partial charge in [0.25, 0.3) is 0 Å². The summed E-state index contributed by atoms with van der Waals surface area (Å²) in [7, 11) is 0. The summed E-state index contributed by atoms with van der Waals surface area (Å²) in [5.74, 6) is -1.30. The van der Waals surface area contributed by atoms with Crippen LogP contribution in [-0.2, 0) is 9.59 Å². The lowest BCUT2D eigenvalue weighted by Gasteiger charge is -2.33. The van der Waals surface area contributed by atoms with Gasteiger partial charge in [0.2, 0.25) is 5.91 Å². The van der Waals surface area contributed by atoms with E-state index in [4.69, 9.17) is 0 Å². The van der Waals surface area contributed by atoms with Gasteiger partial charge in [-0.3, -0.25) is 9.59 Å². The van der Waals surface area contributed by atoms with E-state index in [9.17, 15) is 14.7 Å². The zero-order chi connectivity index (χ0) is 15.4. The third-order valence-corrected chi connectivity index (χ3v) is 3.88. The van der Waals surface area contributed by atoms with E-state index in [0.717, 1.165) is 17.8 Å². The second-order valence-electron chi connectivity index (χ2n) is 5.45. The number of fused-ring (bicyclic) bond motifs is 1. The summed E-state index contributed by atoms with van der Waals surface area (Å²) in [4.78, 5) is 25.5. The Morgan fingerprint density at radius 2 is 2.14 bits per heavy atom. The van der Waals surface area contributed by atoms with Crippen LogP contribution in [0.15, 0.2) is 24.3 Å². The first-order valence-electron chi connectivity index (χ1n) is 7.40. The molecule has 0 saturated carbocycles. The summed E-state index contributed by atoms with van der Waals surface area (Å²) in [6.45, 7) is 5.28. The van der Waals surface area contributed by atoms with Crippen LogP contribution in [0.3, 0.4) is 0 Å². The molecule has 2 N–H and O–H groups in total. The fourth-order valence-corrected chi connectivity index (χ4v) is 2.87. The molecule has 0 radical (unpaired) electrons. The Hall–Kier alpha value is -1.88. The molecule has 114 valence electrons. The molecule has 21 heavy (non-hydrogen) atoms. The maximum absolute atomic E-state index is 12.5. The molecule has 5 nitrogen and oxygen atoms in total. The number of carboxylic acids is 1. The monoisotopic (exact) mass is 290 g/mol. The molecule has 0 fully saturated rings. The van der Waals surface area contributed by atoms with Crippen molar-refractivity contribution in [3.05, 3.63) is 29.8 Å². The van der Waals surface area contributed by atoms with Crippen molar-refractivity contribution >= 4 is 17.6 Å². The Balaban J connectivity index is 2.21. The van der Waals surface area contributed by atoms with Gasteiger partial charge in [-0.2, -0.15) is 0 Å². The van der Waals surface area contributed by atoms with Crippen LogP contribution in [0.2, 0.25) is 0 Å². The molecule has 1 heterocycles. The maximum atomic E-state index is 12.5. The highest BCUT2D eigenvalue weighted by Crippen LogP contribution is 2.35. The number of carbonyl (C=O) groups is 2. The molecule has 1 aromatic carbocycles. The Morgan fingerprint density at radius 1 is 1.43 bits per heavy atom. The summed E-state index contributed by atoms with van der Waals surface area (Å²) in [6, 6.07) is 7.43.